The molecule has 0 heterocycles. The zero-order chi connectivity index (χ0) is 17.9. The van der Waals surface area contributed by atoms with Crippen molar-refractivity contribution >= 4 is 12.2 Å². The minimum atomic E-state index is -0.503. The highest BCUT2D eigenvalue weighted by atomic mass is 16.3. The number of allylic oxidation sites excluding steroid dienone is 2. The Morgan fingerprint density at radius 1 is 1.16 bits per heavy atom. The van der Waals surface area contributed by atoms with Gasteiger partial charge in [-0.3, -0.25) is 5.41 Å². The molecule has 0 saturated heterocycles. The number of hydrogen-bond donors (Lipinski definition) is 4. The maximum atomic E-state index is 11.5. The van der Waals surface area contributed by atoms with E-state index in [0.717, 1.165) is 37.5 Å². The molecule has 0 aromatic heterocycles. The summed E-state index contributed by atoms with van der Waals surface area (Å²) in [6, 6.07) is 0. The average Bonchev–Trinajstić information content (AvgIpc) is 2.86. The van der Waals surface area contributed by atoms with Crippen LogP contribution in [0, 0.1) is 28.6 Å². The van der Waals surface area contributed by atoms with Crippen LogP contribution in [0.1, 0.15) is 71.1 Å². The minimum absolute atomic E-state index is 0.0174. The average molecular weight is 347 g/mol. The summed E-state index contributed by atoms with van der Waals surface area (Å²) in [4.78, 5) is 0. The third kappa shape index (κ3) is 3.76. The summed E-state index contributed by atoms with van der Waals surface area (Å²) >= 11 is 0. The SMILES string of the molecule is C[C@]12CC[C@H](C3CCCCC3)C[C@@]1(O)CC[C@@H]2/C=C/C=N/NC(=N)N. The first kappa shape index (κ1) is 18.4. The normalized spacial score (nSPS) is 39.8. The molecule has 140 valence electrons. The molecule has 0 aromatic rings. The molecular formula is C20H34N4O. The number of guanidine groups is 1. The smallest absolute Gasteiger partial charge is 0.206 e. The first-order valence-electron chi connectivity index (χ1n) is 9.97. The highest BCUT2D eigenvalue weighted by Crippen LogP contribution is 2.61. The molecule has 25 heavy (non-hydrogen) atoms. The zero-order valence-corrected chi connectivity index (χ0v) is 15.5. The van der Waals surface area contributed by atoms with E-state index in [9.17, 15) is 5.11 Å². The van der Waals surface area contributed by atoms with Crippen LogP contribution in [-0.4, -0.2) is 22.9 Å². The Labute approximate surface area is 151 Å². The van der Waals surface area contributed by atoms with E-state index in [2.05, 4.69) is 23.5 Å². The number of nitrogens with one attached hydrogen (secondary N) is 2. The number of hydrogen-bond acceptors (Lipinski definition) is 3. The first-order valence-corrected chi connectivity index (χ1v) is 9.97. The quantitative estimate of drug-likeness (QED) is 0.356. The molecule has 0 unspecified atom stereocenters. The Hall–Kier alpha value is -1.36. The number of aliphatic hydroxyl groups is 1. The third-order valence-electron chi connectivity index (χ3n) is 7.39. The van der Waals surface area contributed by atoms with Crippen molar-refractivity contribution in [3.8, 4) is 0 Å². The Morgan fingerprint density at radius 2 is 1.92 bits per heavy atom. The molecule has 5 nitrogen and oxygen atoms in total. The molecule has 5 heteroatoms. The van der Waals surface area contributed by atoms with Crippen molar-refractivity contribution < 1.29 is 5.11 Å². The van der Waals surface area contributed by atoms with E-state index in [1.54, 1.807) is 6.21 Å². The van der Waals surface area contributed by atoms with Gasteiger partial charge in [0.2, 0.25) is 5.96 Å². The second-order valence-electron chi connectivity index (χ2n) is 8.68. The van der Waals surface area contributed by atoms with Crippen molar-refractivity contribution in [1.82, 2.24) is 5.43 Å². The van der Waals surface area contributed by atoms with E-state index in [-0.39, 0.29) is 11.4 Å². The van der Waals surface area contributed by atoms with Crippen molar-refractivity contribution in [2.45, 2.75) is 76.7 Å². The van der Waals surface area contributed by atoms with E-state index in [1.165, 1.54) is 38.5 Å². The van der Waals surface area contributed by atoms with Gasteiger partial charge in [0.05, 0.1) is 5.60 Å². The van der Waals surface area contributed by atoms with E-state index in [0.29, 0.717) is 5.92 Å². The molecule has 0 amide bonds. The second-order valence-corrected chi connectivity index (χ2v) is 8.68. The monoisotopic (exact) mass is 346 g/mol. The maximum Gasteiger partial charge on any atom is 0.206 e. The minimum Gasteiger partial charge on any atom is -0.389 e. The van der Waals surface area contributed by atoms with Gasteiger partial charge >= 0.3 is 0 Å². The highest BCUT2D eigenvalue weighted by Gasteiger charge is 2.58. The third-order valence-corrected chi connectivity index (χ3v) is 7.39. The predicted molar refractivity (Wildman–Crippen MR) is 102 cm³/mol. The fourth-order valence-corrected chi connectivity index (χ4v) is 5.77. The highest BCUT2D eigenvalue weighted by molar-refractivity contribution is 5.77. The summed E-state index contributed by atoms with van der Waals surface area (Å²) in [5.74, 6) is 1.81. The summed E-state index contributed by atoms with van der Waals surface area (Å²) in [5.41, 5.74) is 7.09. The number of hydrazone groups is 1. The Morgan fingerprint density at radius 3 is 2.64 bits per heavy atom. The molecule has 3 rings (SSSR count). The molecule has 5 N–H and O–H groups in total. The van der Waals surface area contributed by atoms with Crippen LogP contribution < -0.4 is 11.2 Å². The maximum absolute atomic E-state index is 11.5. The molecule has 0 bridgehead atoms. The molecule has 4 atom stereocenters. The van der Waals surface area contributed by atoms with Crippen molar-refractivity contribution in [1.29, 1.82) is 5.41 Å². The largest absolute Gasteiger partial charge is 0.389 e. The van der Waals surface area contributed by atoms with E-state index in [1.807, 2.05) is 6.08 Å². The molecular weight excluding hydrogens is 312 g/mol. The fourth-order valence-electron chi connectivity index (χ4n) is 5.77. The molecule has 3 aliphatic rings. The van der Waals surface area contributed by atoms with Gasteiger partial charge in [-0.05, 0) is 55.9 Å². The summed E-state index contributed by atoms with van der Waals surface area (Å²) in [6.07, 6.45) is 18.0. The fraction of sp³-hybridized carbons (Fsp3) is 0.800. The van der Waals surface area contributed by atoms with Gasteiger partial charge in [-0.25, -0.2) is 5.43 Å². The van der Waals surface area contributed by atoms with Crippen LogP contribution in [-0.2, 0) is 0 Å². The van der Waals surface area contributed by atoms with E-state index in [4.69, 9.17) is 11.1 Å². The van der Waals surface area contributed by atoms with Gasteiger partial charge in [0.25, 0.3) is 0 Å². The van der Waals surface area contributed by atoms with Gasteiger partial charge in [0.1, 0.15) is 0 Å². The van der Waals surface area contributed by atoms with E-state index < -0.39 is 5.60 Å². The van der Waals surface area contributed by atoms with Crippen LogP contribution in [0.25, 0.3) is 0 Å². The van der Waals surface area contributed by atoms with Crippen LogP contribution in [0.4, 0.5) is 0 Å². The lowest BCUT2D eigenvalue weighted by molar-refractivity contribution is -0.117. The summed E-state index contributed by atoms with van der Waals surface area (Å²) in [7, 11) is 0. The van der Waals surface area contributed by atoms with Gasteiger partial charge in [-0.2, -0.15) is 5.10 Å². The van der Waals surface area contributed by atoms with Gasteiger partial charge in [-0.15, -0.1) is 0 Å². The Bertz CT molecular complexity index is 540. The summed E-state index contributed by atoms with van der Waals surface area (Å²) in [5, 5.41) is 22.4. The number of nitrogens with two attached hydrogens (primary N) is 1. The molecule has 0 spiro atoms. The van der Waals surface area contributed by atoms with Crippen LogP contribution in [0.15, 0.2) is 17.3 Å². The summed E-state index contributed by atoms with van der Waals surface area (Å²) in [6.45, 7) is 2.29. The Kier molecular flexibility index (Phi) is 5.52. The first-order chi connectivity index (χ1) is 11.9. The topological polar surface area (TPSA) is 94.5 Å². The van der Waals surface area contributed by atoms with Gasteiger partial charge in [-0.1, -0.05) is 45.1 Å². The van der Waals surface area contributed by atoms with Crippen molar-refractivity contribution in [2.24, 2.45) is 34.0 Å². The molecule has 3 saturated carbocycles. The molecule has 3 fully saturated rings. The molecule has 0 aliphatic heterocycles. The zero-order valence-electron chi connectivity index (χ0n) is 15.5. The molecule has 3 aliphatic carbocycles. The molecule has 0 radical (unpaired) electrons. The standard InChI is InChI=1S/C20H34N4O/c1-19-11-9-16(15-6-3-2-4-7-15)14-20(19,25)12-10-17(19)8-5-13-23-24-18(21)22/h5,8,13,15-17,25H,2-4,6-7,9-12,14H2,1H3,(H4,21,22,24)/b8-5+,23-13+/t16-,17-,19+,20-/m0/s1. The van der Waals surface area contributed by atoms with Crippen LogP contribution in [0.3, 0.4) is 0 Å². The van der Waals surface area contributed by atoms with Gasteiger partial charge in [0.15, 0.2) is 0 Å². The van der Waals surface area contributed by atoms with Crippen LogP contribution >= 0.6 is 0 Å². The van der Waals surface area contributed by atoms with Gasteiger partial charge in [0, 0.05) is 11.6 Å². The lowest BCUT2D eigenvalue weighted by Crippen LogP contribution is -2.50. The van der Waals surface area contributed by atoms with Crippen molar-refractivity contribution in [3.63, 3.8) is 0 Å². The van der Waals surface area contributed by atoms with Crippen LogP contribution in [0.2, 0.25) is 0 Å². The predicted octanol–water partition coefficient (Wildman–Crippen LogP) is 3.54. The number of fused-ring (bicyclic) bond motifs is 1. The number of rotatable bonds is 4. The van der Waals surface area contributed by atoms with Crippen LogP contribution in [0.5, 0.6) is 0 Å². The van der Waals surface area contributed by atoms with E-state index >= 15 is 0 Å². The lowest BCUT2D eigenvalue weighted by Gasteiger charge is -2.51. The van der Waals surface area contributed by atoms with Gasteiger partial charge < -0.3 is 10.8 Å². The Balaban J connectivity index is 1.63. The lowest BCUT2D eigenvalue weighted by atomic mass is 9.57. The summed E-state index contributed by atoms with van der Waals surface area (Å²) < 4.78 is 0. The molecule has 0 aromatic carbocycles. The van der Waals surface area contributed by atoms with Crippen molar-refractivity contribution in [3.05, 3.63) is 12.2 Å². The second kappa shape index (κ2) is 7.48. The van der Waals surface area contributed by atoms with Crippen molar-refractivity contribution in [2.75, 3.05) is 0 Å². The number of nitrogens with zero attached hydrogens (tertiary/aromatic N) is 1.